The third-order valence-corrected chi connectivity index (χ3v) is 1.90. The topological polar surface area (TPSA) is 78.7 Å². The molecule has 0 atom stereocenters. The fourth-order valence-corrected chi connectivity index (χ4v) is 1.25. The van der Waals surface area contributed by atoms with E-state index in [-0.39, 0.29) is 23.6 Å². The fraction of sp³-hybridized carbons (Fsp3) is 0.300. The van der Waals surface area contributed by atoms with Crippen molar-refractivity contribution < 1.29 is 19.2 Å². The molecule has 0 unspecified atom stereocenters. The van der Waals surface area contributed by atoms with Gasteiger partial charge in [-0.05, 0) is 19.1 Å². The smallest absolute Gasteiger partial charge is 0.345 e. The highest BCUT2D eigenvalue weighted by Crippen LogP contribution is 2.30. The van der Waals surface area contributed by atoms with Gasteiger partial charge >= 0.3 is 11.7 Å². The van der Waals surface area contributed by atoms with E-state index in [1.54, 1.807) is 6.92 Å². The number of carbonyl (C=O) groups is 1. The zero-order valence-corrected chi connectivity index (χ0v) is 8.93. The lowest BCUT2D eigenvalue weighted by atomic mass is 10.1. The zero-order chi connectivity index (χ0) is 12.1. The Labute approximate surface area is 91.9 Å². The minimum Gasteiger partial charge on any atom is -0.490 e. The van der Waals surface area contributed by atoms with Crippen molar-refractivity contribution in [1.82, 2.24) is 0 Å². The number of nitro groups is 1. The summed E-state index contributed by atoms with van der Waals surface area (Å²) in [5, 5.41) is 10.8. The molecule has 0 N–H and O–H groups in total. The summed E-state index contributed by atoms with van der Waals surface area (Å²) < 4.78 is 9.55. The van der Waals surface area contributed by atoms with Gasteiger partial charge in [-0.1, -0.05) is 6.07 Å². The number of ether oxygens (including phenoxy) is 2. The first-order valence-corrected chi connectivity index (χ1v) is 4.60. The minimum absolute atomic E-state index is 0.0375. The van der Waals surface area contributed by atoms with Gasteiger partial charge in [0.1, 0.15) is 5.56 Å². The van der Waals surface area contributed by atoms with Crippen molar-refractivity contribution >= 4 is 11.7 Å². The number of nitro benzene ring substituents is 1. The predicted molar refractivity (Wildman–Crippen MR) is 55.6 cm³/mol. The number of hydrogen-bond donors (Lipinski definition) is 0. The summed E-state index contributed by atoms with van der Waals surface area (Å²) >= 11 is 0. The second-order valence-electron chi connectivity index (χ2n) is 2.83. The van der Waals surface area contributed by atoms with Crippen LogP contribution in [0.1, 0.15) is 17.3 Å². The lowest BCUT2D eigenvalue weighted by molar-refractivity contribution is -0.386. The number of carbonyl (C=O) groups excluding carboxylic acids is 1. The molecule has 1 rings (SSSR count). The molecule has 0 aliphatic rings. The molecular formula is C10H11NO5. The molecule has 0 spiro atoms. The molecule has 1 aromatic rings. The highest BCUT2D eigenvalue weighted by Gasteiger charge is 2.25. The molecule has 0 fully saturated rings. The molecule has 0 aromatic heterocycles. The molecule has 0 heterocycles. The molecule has 86 valence electrons. The van der Waals surface area contributed by atoms with Crippen LogP contribution in [0.2, 0.25) is 0 Å². The van der Waals surface area contributed by atoms with Gasteiger partial charge in [-0.3, -0.25) is 10.1 Å². The highest BCUT2D eigenvalue weighted by atomic mass is 16.6. The quantitative estimate of drug-likeness (QED) is 0.443. The number of nitrogens with zero attached hydrogens (tertiary/aromatic N) is 1. The van der Waals surface area contributed by atoms with Crippen LogP contribution in [0.5, 0.6) is 5.75 Å². The van der Waals surface area contributed by atoms with Gasteiger partial charge in [-0.25, -0.2) is 4.79 Å². The van der Waals surface area contributed by atoms with Crippen molar-refractivity contribution in [3.63, 3.8) is 0 Å². The van der Waals surface area contributed by atoms with E-state index in [0.717, 1.165) is 0 Å². The van der Waals surface area contributed by atoms with E-state index in [1.165, 1.54) is 25.3 Å². The summed E-state index contributed by atoms with van der Waals surface area (Å²) in [6.45, 7) is 1.79. The number of benzene rings is 1. The van der Waals surface area contributed by atoms with Crippen molar-refractivity contribution in [2.24, 2.45) is 0 Å². The van der Waals surface area contributed by atoms with E-state index >= 15 is 0 Å². The molecule has 0 bridgehead atoms. The standard InChI is InChI=1S/C10H11NO5/c1-3-16-10(12)7-5-4-6-8(15-2)9(7)11(13)14/h4-6H,3H2,1-2H3. The van der Waals surface area contributed by atoms with Crippen molar-refractivity contribution in [3.8, 4) is 5.75 Å². The van der Waals surface area contributed by atoms with Crippen LogP contribution >= 0.6 is 0 Å². The van der Waals surface area contributed by atoms with Gasteiger partial charge < -0.3 is 9.47 Å². The van der Waals surface area contributed by atoms with E-state index in [4.69, 9.17) is 9.47 Å². The summed E-state index contributed by atoms with van der Waals surface area (Å²) in [7, 11) is 1.30. The Morgan fingerprint density at radius 1 is 1.50 bits per heavy atom. The van der Waals surface area contributed by atoms with Crippen LogP contribution in [0.3, 0.4) is 0 Å². The van der Waals surface area contributed by atoms with E-state index in [1.807, 2.05) is 0 Å². The lowest BCUT2D eigenvalue weighted by Crippen LogP contribution is -2.08. The summed E-state index contributed by atoms with van der Waals surface area (Å²) in [6.07, 6.45) is 0. The Kier molecular flexibility index (Phi) is 3.82. The summed E-state index contributed by atoms with van der Waals surface area (Å²) in [4.78, 5) is 21.6. The van der Waals surface area contributed by atoms with Crippen LogP contribution in [0, 0.1) is 10.1 Å². The second-order valence-corrected chi connectivity index (χ2v) is 2.83. The van der Waals surface area contributed by atoms with Crippen LogP contribution in [0.4, 0.5) is 5.69 Å². The molecule has 6 heteroatoms. The van der Waals surface area contributed by atoms with Gasteiger partial charge in [0, 0.05) is 0 Å². The van der Waals surface area contributed by atoms with E-state index in [0.29, 0.717) is 0 Å². The number of methoxy groups -OCH3 is 1. The molecule has 0 aliphatic heterocycles. The molecule has 0 saturated heterocycles. The monoisotopic (exact) mass is 225 g/mol. The maximum atomic E-state index is 11.5. The Hall–Kier alpha value is -2.11. The van der Waals surface area contributed by atoms with Crippen molar-refractivity contribution in [3.05, 3.63) is 33.9 Å². The molecule has 0 amide bonds. The number of hydrogen-bond acceptors (Lipinski definition) is 5. The molecule has 0 radical (unpaired) electrons. The third kappa shape index (κ3) is 2.28. The number of rotatable bonds is 4. The Bertz CT molecular complexity index is 416. The highest BCUT2D eigenvalue weighted by molar-refractivity contribution is 5.95. The fourth-order valence-electron chi connectivity index (χ4n) is 1.25. The first-order valence-electron chi connectivity index (χ1n) is 4.60. The Balaban J connectivity index is 3.27. The van der Waals surface area contributed by atoms with Crippen molar-refractivity contribution in [2.75, 3.05) is 13.7 Å². The molecule has 6 nitrogen and oxygen atoms in total. The zero-order valence-electron chi connectivity index (χ0n) is 8.93. The average molecular weight is 225 g/mol. The normalized spacial score (nSPS) is 9.62. The van der Waals surface area contributed by atoms with Crippen LogP contribution < -0.4 is 4.74 Å². The first-order chi connectivity index (χ1) is 7.61. The van der Waals surface area contributed by atoms with Gasteiger partial charge in [0.15, 0.2) is 5.75 Å². The maximum absolute atomic E-state index is 11.5. The van der Waals surface area contributed by atoms with Gasteiger partial charge in [-0.15, -0.1) is 0 Å². The van der Waals surface area contributed by atoms with Crippen LogP contribution in [0.25, 0.3) is 0 Å². The van der Waals surface area contributed by atoms with Gasteiger partial charge in [0.25, 0.3) is 0 Å². The molecule has 16 heavy (non-hydrogen) atoms. The van der Waals surface area contributed by atoms with Crippen molar-refractivity contribution in [2.45, 2.75) is 6.92 Å². The van der Waals surface area contributed by atoms with E-state index < -0.39 is 10.9 Å². The molecule has 1 aromatic carbocycles. The lowest BCUT2D eigenvalue weighted by Gasteiger charge is -2.05. The SMILES string of the molecule is CCOC(=O)c1cccc(OC)c1[N+](=O)[O-]. The molecular weight excluding hydrogens is 214 g/mol. The van der Waals surface area contributed by atoms with Crippen molar-refractivity contribution in [1.29, 1.82) is 0 Å². The van der Waals surface area contributed by atoms with Crippen LogP contribution in [0.15, 0.2) is 18.2 Å². The number of para-hydroxylation sites is 1. The van der Waals surface area contributed by atoms with Crippen LogP contribution in [-0.4, -0.2) is 24.6 Å². The maximum Gasteiger partial charge on any atom is 0.345 e. The Morgan fingerprint density at radius 3 is 2.69 bits per heavy atom. The van der Waals surface area contributed by atoms with Crippen LogP contribution in [-0.2, 0) is 4.74 Å². The summed E-state index contributed by atoms with van der Waals surface area (Å²) in [5.41, 5.74) is -0.477. The average Bonchev–Trinajstić information content (AvgIpc) is 2.28. The van der Waals surface area contributed by atoms with Gasteiger partial charge in [0.05, 0.1) is 18.6 Å². The van der Waals surface area contributed by atoms with Gasteiger partial charge in [-0.2, -0.15) is 0 Å². The second kappa shape index (κ2) is 5.11. The molecule has 0 saturated carbocycles. The van der Waals surface area contributed by atoms with E-state index in [2.05, 4.69) is 0 Å². The van der Waals surface area contributed by atoms with Gasteiger partial charge in [0.2, 0.25) is 0 Å². The summed E-state index contributed by atoms with van der Waals surface area (Å²) in [5.74, 6) is -0.691. The first kappa shape index (κ1) is 12.0. The predicted octanol–water partition coefficient (Wildman–Crippen LogP) is 1.78. The summed E-state index contributed by atoms with van der Waals surface area (Å²) in [6, 6.07) is 4.25. The largest absolute Gasteiger partial charge is 0.490 e. The molecule has 0 aliphatic carbocycles. The third-order valence-electron chi connectivity index (χ3n) is 1.90. The number of esters is 1. The Morgan fingerprint density at radius 2 is 2.19 bits per heavy atom. The minimum atomic E-state index is -0.729. The van der Waals surface area contributed by atoms with E-state index in [9.17, 15) is 14.9 Å².